The number of hydrogen-bond acceptors (Lipinski definition) is 5. The van der Waals surface area contributed by atoms with Gasteiger partial charge in [0, 0.05) is 17.7 Å². The predicted octanol–water partition coefficient (Wildman–Crippen LogP) is 8.68. The van der Waals surface area contributed by atoms with Crippen molar-refractivity contribution in [2.45, 2.75) is 44.1 Å². The maximum absolute atomic E-state index is 13.3. The Hall–Kier alpha value is -3.83. The van der Waals surface area contributed by atoms with Crippen molar-refractivity contribution in [3.8, 4) is 16.9 Å². The SMILES string of the molecule is CC(C)Cc1ccc(C(C)C(=O)c2cc3nc(SCc4ccc(-c5ccccc5)cc4)oc3cc2O)cc1. The zero-order valence-corrected chi connectivity index (χ0v) is 22.7. The Labute approximate surface area is 227 Å². The highest BCUT2D eigenvalue weighted by Crippen LogP contribution is 2.33. The Morgan fingerprint density at radius 3 is 2.21 bits per heavy atom. The summed E-state index contributed by atoms with van der Waals surface area (Å²) in [5, 5.41) is 11.1. The van der Waals surface area contributed by atoms with E-state index in [2.05, 4.69) is 67.4 Å². The van der Waals surface area contributed by atoms with E-state index in [4.69, 9.17) is 4.42 Å². The summed E-state index contributed by atoms with van der Waals surface area (Å²) >= 11 is 1.49. The second kappa shape index (κ2) is 11.3. The molecule has 0 aliphatic rings. The van der Waals surface area contributed by atoms with E-state index >= 15 is 0 Å². The molecule has 0 amide bonds. The molecule has 0 fully saturated rings. The first-order valence-electron chi connectivity index (χ1n) is 12.9. The highest BCUT2D eigenvalue weighted by molar-refractivity contribution is 7.98. The molecule has 4 nitrogen and oxygen atoms in total. The number of carbonyl (C=O) groups excluding carboxylic acids is 1. The Balaban J connectivity index is 1.28. The van der Waals surface area contributed by atoms with Gasteiger partial charge in [0.05, 0.1) is 5.56 Å². The summed E-state index contributed by atoms with van der Waals surface area (Å²) in [7, 11) is 0. The standard InChI is InChI=1S/C33H31NO3S/c1-21(2)17-23-9-13-25(14-10-23)22(3)32(36)28-18-29-31(19-30(28)35)37-33(34-29)38-20-24-11-15-27(16-12-24)26-7-5-4-6-8-26/h4-16,18-19,21-22,35H,17,20H2,1-3H3. The molecule has 1 unspecified atom stereocenters. The summed E-state index contributed by atoms with van der Waals surface area (Å²) in [4.78, 5) is 17.9. The van der Waals surface area contributed by atoms with Gasteiger partial charge in [-0.3, -0.25) is 4.79 Å². The molecule has 1 aromatic heterocycles. The molecule has 38 heavy (non-hydrogen) atoms. The number of benzene rings is 4. The highest BCUT2D eigenvalue weighted by Gasteiger charge is 2.22. The van der Waals surface area contributed by atoms with Crippen molar-refractivity contribution >= 4 is 28.6 Å². The first-order valence-corrected chi connectivity index (χ1v) is 13.9. The number of thioether (sulfide) groups is 1. The van der Waals surface area contributed by atoms with Gasteiger partial charge in [0.1, 0.15) is 11.3 Å². The van der Waals surface area contributed by atoms with E-state index < -0.39 is 0 Å². The lowest BCUT2D eigenvalue weighted by molar-refractivity contribution is 0.0963. The minimum absolute atomic E-state index is 0.0880. The van der Waals surface area contributed by atoms with Gasteiger partial charge in [-0.05, 0) is 46.2 Å². The molecule has 0 saturated heterocycles. The number of oxazole rings is 1. The molecule has 0 saturated carbocycles. The van der Waals surface area contributed by atoms with Crippen molar-refractivity contribution in [3.05, 3.63) is 113 Å². The van der Waals surface area contributed by atoms with Crippen LogP contribution in [-0.4, -0.2) is 15.9 Å². The minimum Gasteiger partial charge on any atom is -0.507 e. The summed E-state index contributed by atoms with van der Waals surface area (Å²) in [5.41, 5.74) is 6.99. The second-order valence-electron chi connectivity index (χ2n) is 10.1. The zero-order valence-electron chi connectivity index (χ0n) is 21.8. The fourth-order valence-electron chi connectivity index (χ4n) is 4.57. The third kappa shape index (κ3) is 5.84. The largest absolute Gasteiger partial charge is 0.507 e. The fourth-order valence-corrected chi connectivity index (χ4v) is 5.36. The molecule has 5 aromatic rings. The first-order chi connectivity index (χ1) is 18.4. The first kappa shape index (κ1) is 25.8. The zero-order chi connectivity index (χ0) is 26.6. The molecule has 4 aromatic carbocycles. The molecule has 5 heteroatoms. The number of fused-ring (bicyclic) bond motifs is 1. The van der Waals surface area contributed by atoms with Crippen LogP contribution >= 0.6 is 11.8 Å². The van der Waals surface area contributed by atoms with E-state index in [9.17, 15) is 9.90 Å². The molecule has 0 aliphatic carbocycles. The maximum atomic E-state index is 13.3. The summed E-state index contributed by atoms with van der Waals surface area (Å²) in [6.45, 7) is 6.25. The molecule has 0 aliphatic heterocycles. The molecule has 0 spiro atoms. The number of nitrogens with zero attached hydrogens (tertiary/aromatic N) is 1. The summed E-state index contributed by atoms with van der Waals surface area (Å²) in [6, 6.07) is 30.0. The van der Waals surface area contributed by atoms with E-state index in [1.807, 2.05) is 37.3 Å². The van der Waals surface area contributed by atoms with Crippen LogP contribution in [0.3, 0.4) is 0 Å². The van der Waals surface area contributed by atoms with E-state index in [1.54, 1.807) is 6.07 Å². The third-order valence-corrected chi connectivity index (χ3v) is 7.59. The summed E-state index contributed by atoms with van der Waals surface area (Å²) < 4.78 is 5.87. The normalized spacial score (nSPS) is 12.2. The highest BCUT2D eigenvalue weighted by atomic mass is 32.2. The Kier molecular flexibility index (Phi) is 7.66. The van der Waals surface area contributed by atoms with Crippen molar-refractivity contribution < 1.29 is 14.3 Å². The summed E-state index contributed by atoms with van der Waals surface area (Å²) in [5.74, 6) is 0.663. The smallest absolute Gasteiger partial charge is 0.257 e. The molecule has 0 radical (unpaired) electrons. The molecule has 0 bridgehead atoms. The van der Waals surface area contributed by atoms with Crippen molar-refractivity contribution in [2.24, 2.45) is 5.92 Å². The topological polar surface area (TPSA) is 63.3 Å². The van der Waals surface area contributed by atoms with Crippen molar-refractivity contribution in [1.82, 2.24) is 4.98 Å². The Bertz CT molecular complexity index is 1540. The van der Waals surface area contributed by atoms with E-state index in [1.165, 1.54) is 34.5 Å². The summed E-state index contributed by atoms with van der Waals surface area (Å²) in [6.07, 6.45) is 1.01. The number of hydrogen-bond donors (Lipinski definition) is 1. The lowest BCUT2D eigenvalue weighted by Crippen LogP contribution is -2.10. The number of phenols is 1. The second-order valence-corrected chi connectivity index (χ2v) is 11.0. The van der Waals surface area contributed by atoms with Crippen LogP contribution in [0.1, 0.15) is 53.7 Å². The van der Waals surface area contributed by atoms with Crippen LogP contribution in [0.5, 0.6) is 5.75 Å². The van der Waals surface area contributed by atoms with Crippen LogP contribution in [0.25, 0.3) is 22.2 Å². The number of aromatic hydroxyl groups is 1. The van der Waals surface area contributed by atoms with Gasteiger partial charge in [-0.15, -0.1) is 0 Å². The molecule has 5 rings (SSSR count). The number of phenolic OH excluding ortho intramolecular Hbond substituents is 1. The maximum Gasteiger partial charge on any atom is 0.257 e. The number of aromatic nitrogens is 1. The average molecular weight is 522 g/mol. The molecular formula is C33H31NO3S. The average Bonchev–Trinajstić information content (AvgIpc) is 3.33. The molecule has 1 heterocycles. The third-order valence-electron chi connectivity index (χ3n) is 6.69. The van der Waals surface area contributed by atoms with Crippen LogP contribution in [0, 0.1) is 5.92 Å². The van der Waals surface area contributed by atoms with E-state index in [0.717, 1.165) is 17.5 Å². The number of ketones is 1. The van der Waals surface area contributed by atoms with Gasteiger partial charge >= 0.3 is 0 Å². The van der Waals surface area contributed by atoms with Crippen LogP contribution < -0.4 is 0 Å². The molecule has 1 N–H and O–H groups in total. The minimum atomic E-state index is -0.383. The molecular weight excluding hydrogens is 490 g/mol. The van der Waals surface area contributed by atoms with Gasteiger partial charge in [0.25, 0.3) is 5.22 Å². The number of Topliss-reactive ketones (excluding diaryl/α,β-unsaturated/α-hetero) is 1. The van der Waals surface area contributed by atoms with Gasteiger partial charge in [-0.2, -0.15) is 0 Å². The number of carbonyl (C=O) groups is 1. The Morgan fingerprint density at radius 2 is 1.53 bits per heavy atom. The van der Waals surface area contributed by atoms with E-state index in [0.29, 0.717) is 28.0 Å². The lowest BCUT2D eigenvalue weighted by Gasteiger charge is -2.13. The number of rotatable bonds is 9. The van der Waals surface area contributed by atoms with Crippen LogP contribution in [0.4, 0.5) is 0 Å². The van der Waals surface area contributed by atoms with Crippen molar-refractivity contribution in [2.75, 3.05) is 0 Å². The monoisotopic (exact) mass is 521 g/mol. The molecule has 1 atom stereocenters. The quantitative estimate of drug-likeness (QED) is 0.155. The Morgan fingerprint density at radius 1 is 0.868 bits per heavy atom. The van der Waals surface area contributed by atoms with Gasteiger partial charge in [0.2, 0.25) is 0 Å². The molecule has 192 valence electrons. The van der Waals surface area contributed by atoms with Crippen LogP contribution in [0.15, 0.2) is 101 Å². The fraction of sp³-hybridized carbons (Fsp3) is 0.212. The van der Waals surface area contributed by atoms with Crippen molar-refractivity contribution in [3.63, 3.8) is 0 Å². The van der Waals surface area contributed by atoms with Gasteiger partial charge < -0.3 is 9.52 Å². The predicted molar refractivity (Wildman–Crippen MR) is 155 cm³/mol. The lowest BCUT2D eigenvalue weighted by atomic mass is 9.90. The van der Waals surface area contributed by atoms with E-state index in [-0.39, 0.29) is 23.0 Å². The van der Waals surface area contributed by atoms with Crippen LogP contribution in [0.2, 0.25) is 0 Å². The van der Waals surface area contributed by atoms with Gasteiger partial charge in [-0.1, -0.05) is 111 Å². The van der Waals surface area contributed by atoms with Gasteiger partial charge in [0.15, 0.2) is 11.4 Å². The van der Waals surface area contributed by atoms with Crippen LogP contribution in [-0.2, 0) is 12.2 Å². The van der Waals surface area contributed by atoms with Crippen molar-refractivity contribution in [1.29, 1.82) is 0 Å². The van der Waals surface area contributed by atoms with Gasteiger partial charge in [-0.25, -0.2) is 4.98 Å².